The number of ether oxygens (including phenoxy) is 9. The van der Waals surface area contributed by atoms with E-state index < -0.39 is 123 Å². The average molecular weight is 977 g/mol. The van der Waals surface area contributed by atoms with E-state index in [9.17, 15) is 44.9 Å². The molecule has 0 bridgehead atoms. The first-order valence-corrected chi connectivity index (χ1v) is 25.4. The van der Waals surface area contributed by atoms with E-state index in [2.05, 4.69) is 33.8 Å². The Balaban J connectivity index is 0.830. The summed E-state index contributed by atoms with van der Waals surface area (Å²) in [6.45, 7) is 10.6. The Morgan fingerprint density at radius 1 is 0.768 bits per heavy atom. The first-order chi connectivity index (χ1) is 32.8. The van der Waals surface area contributed by atoms with E-state index in [1.165, 1.54) is 24.6 Å². The molecule has 5 saturated heterocycles. The lowest BCUT2D eigenvalue weighted by Gasteiger charge is -2.58. The van der Waals surface area contributed by atoms with Gasteiger partial charge in [-0.15, -0.1) is 0 Å². The van der Waals surface area contributed by atoms with Crippen LogP contribution in [0.5, 0.6) is 0 Å². The summed E-state index contributed by atoms with van der Waals surface area (Å²) in [5, 5.41) is 76.9. The maximum Gasteiger partial charge on any atom is 0.338 e. The predicted octanol–water partition coefficient (Wildman–Crippen LogP) is 2.86. The third kappa shape index (κ3) is 8.75. The molecule has 4 aliphatic carbocycles. The number of fused-ring (bicyclic) bond motifs is 7. The highest BCUT2D eigenvalue weighted by Crippen LogP contribution is 2.70. The number of halogens is 1. The molecule has 0 radical (unpaired) electrons. The zero-order valence-electron chi connectivity index (χ0n) is 40.2. The molecule has 9 aliphatic rings. The van der Waals surface area contributed by atoms with Crippen molar-refractivity contribution in [3.05, 3.63) is 47.3 Å². The molecular formula is C51H73FO17. The summed E-state index contributed by atoms with van der Waals surface area (Å²) in [6.07, 6.45) is -10.3. The summed E-state index contributed by atoms with van der Waals surface area (Å²) in [5.74, 6) is 1.12. The highest BCUT2D eigenvalue weighted by Gasteiger charge is 2.69. The van der Waals surface area contributed by atoms with E-state index in [-0.39, 0.29) is 22.5 Å². The zero-order chi connectivity index (χ0) is 48.9. The van der Waals surface area contributed by atoms with Crippen LogP contribution in [0.3, 0.4) is 0 Å². The fourth-order valence-electron chi connectivity index (χ4n) is 14.6. The van der Waals surface area contributed by atoms with Gasteiger partial charge < -0.3 is 78.4 Å². The lowest BCUT2D eigenvalue weighted by Crippen LogP contribution is -2.65. The third-order valence-corrected chi connectivity index (χ3v) is 18.6. The van der Waals surface area contributed by atoms with Gasteiger partial charge >= 0.3 is 5.97 Å². The zero-order valence-corrected chi connectivity index (χ0v) is 40.2. The van der Waals surface area contributed by atoms with Crippen LogP contribution in [0.4, 0.5) is 4.39 Å². The summed E-state index contributed by atoms with van der Waals surface area (Å²) in [7, 11) is 0. The molecule has 386 valence electrons. The van der Waals surface area contributed by atoms with Gasteiger partial charge in [0.25, 0.3) is 0 Å². The molecule has 17 nitrogen and oxygen atoms in total. The van der Waals surface area contributed by atoms with Crippen LogP contribution in [0.15, 0.2) is 35.9 Å². The second kappa shape index (κ2) is 19.2. The van der Waals surface area contributed by atoms with Crippen molar-refractivity contribution in [3.8, 4) is 0 Å². The lowest BCUT2D eigenvalue weighted by atomic mass is 9.47. The highest BCUT2D eigenvalue weighted by atomic mass is 19.1. The quantitative estimate of drug-likeness (QED) is 0.132. The average Bonchev–Trinajstić information content (AvgIpc) is 3.89. The molecule has 0 aromatic heterocycles. The molecular weight excluding hydrogens is 904 g/mol. The Bertz CT molecular complexity index is 2020. The van der Waals surface area contributed by atoms with Gasteiger partial charge in [-0.1, -0.05) is 39.3 Å². The number of carbonyl (C=O) groups is 1. The molecule has 1 spiro atoms. The standard InChI is InChI=1S/C51H73FO17/c1-23-12-17-51(62-21-23)24(2)36-33(69-51)19-32-30-11-8-27-18-29(13-15-49(27,4)31(30)14-16-50(32,36)5)64-48-44(68-46-41(58)39(56)37(54)25(3)63-46)42(59)43(34(20-53)65-48)67-47-40(57)38(55)35(66-47)22-61-45(60)26-6-9-28(52)10-7-26/h6-10,23-25,29-44,46-48,53-59H,11-22H2,1-5H3/t23-,24?,25+,29+,30?,31?,32?,33?,34-,35+,36?,37+,38+,39-,40-,41-,42+,43-,44-,46?,47?,48-,49+,50+,51-/m1/s1. The van der Waals surface area contributed by atoms with E-state index in [0.29, 0.717) is 48.3 Å². The number of allylic oxidation sites excluding steroid dienone is 1. The van der Waals surface area contributed by atoms with Gasteiger partial charge in [0.05, 0.1) is 37.1 Å². The van der Waals surface area contributed by atoms with Gasteiger partial charge in [-0.25, -0.2) is 9.18 Å². The number of carbonyl (C=O) groups excluding carboxylic acids is 1. The van der Waals surface area contributed by atoms with Gasteiger partial charge in [0, 0.05) is 12.3 Å². The summed E-state index contributed by atoms with van der Waals surface area (Å²) in [4.78, 5) is 12.6. The molecule has 5 aliphatic heterocycles. The third-order valence-electron chi connectivity index (χ3n) is 18.6. The molecule has 1 aromatic rings. The number of rotatable bonds is 10. The Kier molecular flexibility index (Phi) is 14.0. The second-order valence-corrected chi connectivity index (χ2v) is 22.5. The van der Waals surface area contributed by atoms with Crippen LogP contribution < -0.4 is 0 Å². The van der Waals surface area contributed by atoms with Crippen LogP contribution >= 0.6 is 0 Å². The van der Waals surface area contributed by atoms with Crippen LogP contribution in [0, 0.1) is 52.2 Å². The van der Waals surface area contributed by atoms with Crippen LogP contribution in [0.2, 0.25) is 0 Å². The number of benzene rings is 1. The Labute approximate surface area is 402 Å². The van der Waals surface area contributed by atoms with Crippen LogP contribution in [0.25, 0.3) is 0 Å². The molecule has 8 unspecified atom stereocenters. The van der Waals surface area contributed by atoms with Crippen molar-refractivity contribution in [2.75, 3.05) is 19.8 Å². The Hall–Kier alpha value is -2.24. The normalized spacial score (nSPS) is 51.6. The van der Waals surface area contributed by atoms with Crippen molar-refractivity contribution in [1.29, 1.82) is 0 Å². The predicted molar refractivity (Wildman–Crippen MR) is 238 cm³/mol. The molecule has 25 atom stereocenters. The number of aliphatic hydroxyl groups is 7. The van der Waals surface area contributed by atoms with E-state index in [1.54, 1.807) is 0 Å². The first kappa shape index (κ1) is 50.3. The number of esters is 1. The van der Waals surface area contributed by atoms with Crippen LogP contribution in [-0.2, 0) is 42.6 Å². The molecule has 8 fully saturated rings. The van der Waals surface area contributed by atoms with Crippen molar-refractivity contribution < 1.29 is 87.6 Å². The smallest absolute Gasteiger partial charge is 0.338 e. The van der Waals surface area contributed by atoms with Crippen molar-refractivity contribution in [1.82, 2.24) is 0 Å². The van der Waals surface area contributed by atoms with E-state index >= 15 is 0 Å². The first-order valence-electron chi connectivity index (χ1n) is 25.4. The molecule has 0 amide bonds. The lowest BCUT2D eigenvalue weighted by molar-refractivity contribution is -0.380. The number of hydrogen-bond acceptors (Lipinski definition) is 17. The van der Waals surface area contributed by atoms with Gasteiger partial charge in [-0.2, -0.15) is 0 Å². The fraction of sp³-hybridized carbons (Fsp3) is 0.824. The highest BCUT2D eigenvalue weighted by molar-refractivity contribution is 5.89. The largest absolute Gasteiger partial charge is 0.459 e. The van der Waals surface area contributed by atoms with Crippen molar-refractivity contribution in [2.45, 2.75) is 196 Å². The molecule has 3 saturated carbocycles. The topological polar surface area (TPSA) is 242 Å². The monoisotopic (exact) mass is 976 g/mol. The van der Waals surface area contributed by atoms with Crippen molar-refractivity contribution >= 4 is 5.97 Å². The fourth-order valence-corrected chi connectivity index (χ4v) is 14.6. The maximum absolute atomic E-state index is 13.4. The van der Waals surface area contributed by atoms with Crippen LogP contribution in [-0.4, -0.2) is 166 Å². The second-order valence-electron chi connectivity index (χ2n) is 22.5. The minimum Gasteiger partial charge on any atom is -0.459 e. The van der Waals surface area contributed by atoms with Gasteiger partial charge in [-0.3, -0.25) is 0 Å². The van der Waals surface area contributed by atoms with Crippen molar-refractivity contribution in [3.63, 3.8) is 0 Å². The summed E-state index contributed by atoms with van der Waals surface area (Å²) < 4.78 is 69.1. The molecule has 7 N–H and O–H groups in total. The van der Waals surface area contributed by atoms with Gasteiger partial charge in [0.1, 0.15) is 73.5 Å². The molecule has 10 rings (SSSR count). The number of hydrogen-bond donors (Lipinski definition) is 7. The molecule has 5 heterocycles. The van der Waals surface area contributed by atoms with Gasteiger partial charge in [0.2, 0.25) is 0 Å². The summed E-state index contributed by atoms with van der Waals surface area (Å²) in [5.41, 5.74) is 1.50. The Morgan fingerprint density at radius 2 is 1.48 bits per heavy atom. The SMILES string of the molecule is CC1C2C(CC3C4CC=C5C[C@@H](O[C@@H]6O[C@H](CO)[C@@H](OC7O[C@@H](COC(=O)c8ccc(F)cc8)[C@H](O)[C@H]7O)[C@H](O)[C@H]6OC6O[C@@H](C)[C@H](O)[C@@H](O)[C@H]6O)CC[C@]5(C)C4CC[C@@]32C)O[C@]12CC[C@@H](C)CO2. The molecule has 69 heavy (non-hydrogen) atoms. The van der Waals surface area contributed by atoms with E-state index in [4.69, 9.17) is 42.6 Å². The van der Waals surface area contributed by atoms with E-state index in [0.717, 1.165) is 63.7 Å². The minimum absolute atomic E-state index is 0.0503. The van der Waals surface area contributed by atoms with Gasteiger partial charge in [-0.05, 0) is 123 Å². The van der Waals surface area contributed by atoms with Crippen molar-refractivity contribution in [2.24, 2.45) is 46.3 Å². The summed E-state index contributed by atoms with van der Waals surface area (Å²) in [6, 6.07) is 4.65. The van der Waals surface area contributed by atoms with E-state index in [1.807, 2.05) is 0 Å². The minimum atomic E-state index is -1.75. The number of aliphatic hydroxyl groups excluding tert-OH is 7. The Morgan fingerprint density at radius 3 is 2.20 bits per heavy atom. The maximum atomic E-state index is 13.4. The van der Waals surface area contributed by atoms with Crippen LogP contribution in [0.1, 0.15) is 103 Å². The summed E-state index contributed by atoms with van der Waals surface area (Å²) >= 11 is 0. The van der Waals surface area contributed by atoms with Gasteiger partial charge in [0.15, 0.2) is 24.7 Å². The molecule has 1 aromatic carbocycles. The molecule has 18 heteroatoms.